The third kappa shape index (κ3) is 2.78. The van der Waals surface area contributed by atoms with Gasteiger partial charge < -0.3 is 20.8 Å². The number of hydrogen-bond donors (Lipinski definition) is 2. The van der Waals surface area contributed by atoms with Crippen molar-refractivity contribution in [2.24, 2.45) is 5.73 Å². The van der Waals surface area contributed by atoms with Crippen molar-refractivity contribution < 1.29 is 9.53 Å². The second-order valence-corrected chi connectivity index (χ2v) is 4.31. The van der Waals surface area contributed by atoms with Crippen molar-refractivity contribution in [3.05, 3.63) is 18.2 Å². The van der Waals surface area contributed by atoms with Crippen LogP contribution in [0.2, 0.25) is 0 Å². The zero-order chi connectivity index (χ0) is 13.8. The number of imidazole rings is 1. The lowest BCUT2D eigenvalue weighted by atomic mass is 10.3. The molecule has 0 radical (unpaired) electrons. The van der Waals surface area contributed by atoms with Gasteiger partial charge in [-0.1, -0.05) is 13.0 Å². The zero-order valence-corrected chi connectivity index (χ0v) is 10.9. The van der Waals surface area contributed by atoms with Gasteiger partial charge in [0.1, 0.15) is 11.3 Å². The van der Waals surface area contributed by atoms with Crippen molar-refractivity contribution in [2.45, 2.75) is 26.3 Å². The number of anilines is 1. The first-order chi connectivity index (χ1) is 9.13. The highest BCUT2D eigenvalue weighted by Crippen LogP contribution is 2.27. The first kappa shape index (κ1) is 13.2. The van der Waals surface area contributed by atoms with Gasteiger partial charge in [-0.25, -0.2) is 4.98 Å². The molecule has 0 atom stereocenters. The zero-order valence-electron chi connectivity index (χ0n) is 10.9. The van der Waals surface area contributed by atoms with E-state index in [1.54, 1.807) is 4.57 Å². The van der Waals surface area contributed by atoms with E-state index < -0.39 is 0 Å². The van der Waals surface area contributed by atoms with Gasteiger partial charge in [-0.2, -0.15) is 0 Å². The second kappa shape index (κ2) is 5.60. The Morgan fingerprint density at radius 1 is 1.47 bits per heavy atom. The van der Waals surface area contributed by atoms with Crippen LogP contribution in [0.5, 0.6) is 5.75 Å². The topological polar surface area (TPSA) is 96.2 Å². The summed E-state index contributed by atoms with van der Waals surface area (Å²) >= 11 is 0. The maximum absolute atomic E-state index is 10.9. The molecule has 2 aromatic rings. The lowest BCUT2D eigenvalue weighted by Crippen LogP contribution is -2.14. The molecule has 0 aliphatic rings. The van der Waals surface area contributed by atoms with Gasteiger partial charge in [0.25, 0.3) is 0 Å². The molecule has 6 heteroatoms. The van der Waals surface area contributed by atoms with E-state index in [0.717, 1.165) is 17.5 Å². The Hall–Kier alpha value is -2.24. The molecule has 1 heterocycles. The van der Waals surface area contributed by atoms with E-state index in [4.69, 9.17) is 16.2 Å². The number of ether oxygens (including phenoxy) is 1. The summed E-state index contributed by atoms with van der Waals surface area (Å²) in [6.07, 6.45) is 1.16. The quantitative estimate of drug-likeness (QED) is 0.819. The van der Waals surface area contributed by atoms with Crippen LogP contribution in [-0.4, -0.2) is 22.1 Å². The van der Waals surface area contributed by atoms with E-state index in [0.29, 0.717) is 24.8 Å². The average Bonchev–Trinajstić information content (AvgIpc) is 2.70. The number of aromatic nitrogens is 2. The molecule has 1 aromatic carbocycles. The van der Waals surface area contributed by atoms with Crippen LogP contribution in [0.1, 0.15) is 19.8 Å². The minimum atomic E-state index is -0.361. The van der Waals surface area contributed by atoms with E-state index in [1.807, 2.05) is 25.1 Å². The van der Waals surface area contributed by atoms with E-state index >= 15 is 0 Å². The van der Waals surface area contributed by atoms with Gasteiger partial charge in [0.05, 0.1) is 12.1 Å². The van der Waals surface area contributed by atoms with Gasteiger partial charge in [-0.05, 0) is 18.6 Å². The number of primary amides is 1. The van der Waals surface area contributed by atoms with Crippen molar-refractivity contribution in [1.82, 2.24) is 9.55 Å². The van der Waals surface area contributed by atoms with E-state index in [-0.39, 0.29) is 12.3 Å². The number of rotatable bonds is 6. The molecular formula is C13H18N4O2. The van der Waals surface area contributed by atoms with Crippen LogP contribution in [0, 0.1) is 0 Å². The maximum Gasteiger partial charge on any atom is 0.219 e. The second-order valence-electron chi connectivity index (χ2n) is 4.31. The van der Waals surface area contributed by atoms with Crippen LogP contribution in [0.3, 0.4) is 0 Å². The van der Waals surface area contributed by atoms with Crippen molar-refractivity contribution in [3.8, 4) is 5.75 Å². The molecule has 0 aliphatic heterocycles. The number of amides is 1. The monoisotopic (exact) mass is 262 g/mol. The Morgan fingerprint density at radius 3 is 2.95 bits per heavy atom. The summed E-state index contributed by atoms with van der Waals surface area (Å²) in [6, 6.07) is 5.65. The Balaban J connectivity index is 2.37. The fourth-order valence-electron chi connectivity index (χ4n) is 1.92. The van der Waals surface area contributed by atoms with Crippen molar-refractivity contribution in [2.75, 3.05) is 12.3 Å². The molecule has 0 fully saturated rings. The molecule has 1 amide bonds. The van der Waals surface area contributed by atoms with Gasteiger partial charge in [-0.3, -0.25) is 4.79 Å². The summed E-state index contributed by atoms with van der Waals surface area (Å²) in [7, 11) is 0. The lowest BCUT2D eigenvalue weighted by molar-refractivity contribution is -0.118. The molecule has 0 saturated heterocycles. The summed E-state index contributed by atoms with van der Waals surface area (Å²) < 4.78 is 7.42. The maximum atomic E-state index is 10.9. The highest BCUT2D eigenvalue weighted by molar-refractivity contribution is 5.84. The van der Waals surface area contributed by atoms with Crippen LogP contribution >= 0.6 is 0 Å². The third-order valence-electron chi connectivity index (χ3n) is 2.81. The SMILES string of the molecule is CCCOc1cccc2c1nc(N)n2CCC(N)=O. The van der Waals surface area contributed by atoms with E-state index in [2.05, 4.69) is 4.98 Å². The van der Waals surface area contributed by atoms with Gasteiger partial charge in [0.2, 0.25) is 11.9 Å². The molecular weight excluding hydrogens is 244 g/mol. The van der Waals surface area contributed by atoms with Crippen LogP contribution in [0.25, 0.3) is 11.0 Å². The summed E-state index contributed by atoms with van der Waals surface area (Å²) in [4.78, 5) is 15.2. The first-order valence-corrected chi connectivity index (χ1v) is 6.29. The van der Waals surface area contributed by atoms with Gasteiger partial charge in [0.15, 0.2) is 0 Å². The lowest BCUT2D eigenvalue weighted by Gasteiger charge is -2.06. The number of carbonyl (C=O) groups excluding carboxylic acids is 1. The Bertz CT molecular complexity index is 592. The van der Waals surface area contributed by atoms with Gasteiger partial charge >= 0.3 is 0 Å². The standard InChI is InChI=1S/C13H18N4O2/c1-2-8-19-10-5-3-4-9-12(10)16-13(15)17(9)7-6-11(14)18/h3-5H,2,6-8H2,1H3,(H2,14,18)(H2,15,16). The van der Waals surface area contributed by atoms with Gasteiger partial charge in [0, 0.05) is 13.0 Å². The summed E-state index contributed by atoms with van der Waals surface area (Å²) in [6.45, 7) is 3.10. The highest BCUT2D eigenvalue weighted by atomic mass is 16.5. The van der Waals surface area contributed by atoms with Crippen LogP contribution in [0.4, 0.5) is 5.95 Å². The molecule has 19 heavy (non-hydrogen) atoms. The molecule has 102 valence electrons. The van der Waals surface area contributed by atoms with Crippen molar-refractivity contribution in [3.63, 3.8) is 0 Å². The molecule has 0 bridgehead atoms. The smallest absolute Gasteiger partial charge is 0.219 e. The van der Waals surface area contributed by atoms with E-state index in [1.165, 1.54) is 0 Å². The summed E-state index contributed by atoms with van der Waals surface area (Å²) in [5.74, 6) is 0.715. The number of benzene rings is 1. The molecule has 0 unspecified atom stereocenters. The van der Waals surface area contributed by atoms with Gasteiger partial charge in [-0.15, -0.1) is 0 Å². The fourth-order valence-corrected chi connectivity index (χ4v) is 1.92. The number of nitrogens with two attached hydrogens (primary N) is 2. The van der Waals surface area contributed by atoms with Crippen molar-refractivity contribution in [1.29, 1.82) is 0 Å². The molecule has 0 aliphatic carbocycles. The Labute approximate surface area is 111 Å². The first-order valence-electron chi connectivity index (χ1n) is 6.29. The minimum Gasteiger partial charge on any atom is -0.491 e. The molecule has 2 rings (SSSR count). The van der Waals surface area contributed by atoms with Crippen LogP contribution in [0.15, 0.2) is 18.2 Å². The number of fused-ring (bicyclic) bond motifs is 1. The number of aryl methyl sites for hydroxylation is 1. The number of hydrogen-bond acceptors (Lipinski definition) is 4. The largest absolute Gasteiger partial charge is 0.491 e. The van der Waals surface area contributed by atoms with Crippen LogP contribution in [-0.2, 0) is 11.3 Å². The van der Waals surface area contributed by atoms with E-state index in [9.17, 15) is 4.79 Å². The Kier molecular flexibility index (Phi) is 3.89. The number of nitrogens with zero attached hydrogens (tertiary/aromatic N) is 2. The highest BCUT2D eigenvalue weighted by Gasteiger charge is 2.12. The molecule has 0 spiro atoms. The van der Waals surface area contributed by atoms with Crippen LogP contribution < -0.4 is 16.2 Å². The number of nitrogen functional groups attached to an aromatic ring is 1. The fraction of sp³-hybridized carbons (Fsp3) is 0.385. The Morgan fingerprint density at radius 2 is 2.26 bits per heavy atom. The molecule has 6 nitrogen and oxygen atoms in total. The summed E-state index contributed by atoms with van der Waals surface area (Å²) in [5, 5.41) is 0. The number of carbonyl (C=O) groups is 1. The molecule has 0 saturated carbocycles. The average molecular weight is 262 g/mol. The number of para-hydroxylation sites is 1. The minimum absolute atomic E-state index is 0.232. The van der Waals surface area contributed by atoms with Crippen molar-refractivity contribution >= 4 is 22.9 Å². The normalized spacial score (nSPS) is 10.8. The molecule has 4 N–H and O–H groups in total. The third-order valence-corrected chi connectivity index (χ3v) is 2.81. The molecule has 1 aromatic heterocycles. The predicted molar refractivity (Wildman–Crippen MR) is 73.7 cm³/mol. The summed E-state index contributed by atoms with van der Waals surface area (Å²) in [5.41, 5.74) is 12.6. The predicted octanol–water partition coefficient (Wildman–Crippen LogP) is 1.28.